The normalized spacial score (nSPS) is 17.1. The van der Waals surface area contributed by atoms with Crippen LogP contribution in [0.25, 0.3) is 16.9 Å². The number of halogens is 3. The van der Waals surface area contributed by atoms with Crippen molar-refractivity contribution in [2.24, 2.45) is 5.92 Å². The quantitative estimate of drug-likeness (QED) is 0.433. The van der Waals surface area contributed by atoms with Crippen LogP contribution < -0.4 is 10.5 Å². The summed E-state index contributed by atoms with van der Waals surface area (Å²) < 4.78 is 51.3. The SMILES string of the molecule is CC1Oc2cc(cnc2N)-c2c(cnn2CC2CC2)Cc2cc(C(F)F)nn2-c2ccc(F)cc21. The summed E-state index contributed by atoms with van der Waals surface area (Å²) in [5.74, 6) is 0.642. The molecule has 2 bridgehead atoms. The van der Waals surface area contributed by atoms with E-state index in [0.29, 0.717) is 35.0 Å². The van der Waals surface area contributed by atoms with Crippen molar-refractivity contribution in [3.63, 3.8) is 0 Å². The lowest BCUT2D eigenvalue weighted by Crippen LogP contribution is -2.14. The van der Waals surface area contributed by atoms with E-state index in [1.54, 1.807) is 19.3 Å². The van der Waals surface area contributed by atoms with Gasteiger partial charge in [-0.15, -0.1) is 0 Å². The van der Waals surface area contributed by atoms with E-state index in [1.165, 1.54) is 28.9 Å². The van der Waals surface area contributed by atoms with E-state index in [0.717, 1.165) is 36.2 Å². The van der Waals surface area contributed by atoms with Gasteiger partial charge in [-0.3, -0.25) is 4.68 Å². The molecule has 1 fully saturated rings. The molecule has 1 unspecified atom stereocenters. The smallest absolute Gasteiger partial charge is 0.282 e. The van der Waals surface area contributed by atoms with Crippen LogP contribution in [0.5, 0.6) is 5.75 Å². The van der Waals surface area contributed by atoms with Crippen molar-refractivity contribution in [3.8, 4) is 22.7 Å². The van der Waals surface area contributed by atoms with Gasteiger partial charge in [0.05, 0.1) is 17.6 Å². The van der Waals surface area contributed by atoms with Crippen molar-refractivity contribution < 1.29 is 17.9 Å². The maximum atomic E-state index is 14.3. The third-order valence-corrected chi connectivity index (χ3v) is 6.56. The Hall–Kier alpha value is -3.82. The summed E-state index contributed by atoms with van der Waals surface area (Å²) in [5, 5.41) is 8.81. The van der Waals surface area contributed by atoms with Crippen LogP contribution >= 0.6 is 0 Å². The molecule has 10 heteroatoms. The van der Waals surface area contributed by atoms with Crippen LogP contribution in [0.3, 0.4) is 0 Å². The first-order valence-electron chi connectivity index (χ1n) is 11.5. The average molecular weight is 480 g/mol. The number of aromatic nitrogens is 5. The molecular weight excluding hydrogens is 457 g/mol. The average Bonchev–Trinajstić information content (AvgIpc) is 3.41. The number of hydrogen-bond donors (Lipinski definition) is 1. The Balaban J connectivity index is 1.60. The Kier molecular flexibility index (Phi) is 5.05. The molecule has 3 aromatic heterocycles. The van der Waals surface area contributed by atoms with Gasteiger partial charge in [-0.25, -0.2) is 22.8 Å². The summed E-state index contributed by atoms with van der Waals surface area (Å²) in [6.45, 7) is 2.51. The molecule has 7 nitrogen and oxygen atoms in total. The molecular formula is C25H23F3N6O. The first-order chi connectivity index (χ1) is 16.9. The Morgan fingerprint density at radius 1 is 1.17 bits per heavy atom. The molecule has 1 aliphatic heterocycles. The van der Waals surface area contributed by atoms with Crippen molar-refractivity contribution in [2.75, 3.05) is 5.73 Å². The van der Waals surface area contributed by atoms with Gasteiger partial charge < -0.3 is 10.5 Å². The summed E-state index contributed by atoms with van der Waals surface area (Å²) in [7, 11) is 0. The molecule has 4 aromatic rings. The standard InChI is InChI=1S/C25H23F3N6O/c1-13-19-8-17(26)4-5-21(19)34-18(9-20(32-34)24(27)28)6-15-11-31-33(12-14-2-3-14)23(15)16-7-22(35-13)25(29)30-10-16/h4-5,7-11,13-14,24H,2-3,6,12H2,1H3,(H2,29,30). The fourth-order valence-electron chi connectivity index (χ4n) is 4.62. The topological polar surface area (TPSA) is 83.8 Å². The molecule has 2 aliphatic rings. The molecule has 0 saturated heterocycles. The highest BCUT2D eigenvalue weighted by Gasteiger charge is 2.28. The largest absolute Gasteiger partial charge is 0.482 e. The predicted octanol–water partition coefficient (Wildman–Crippen LogP) is 5.24. The number of benzene rings is 1. The molecule has 0 radical (unpaired) electrons. The van der Waals surface area contributed by atoms with E-state index in [-0.39, 0.29) is 11.5 Å². The second kappa shape index (κ2) is 8.14. The number of nitrogens with two attached hydrogens (primary N) is 1. The van der Waals surface area contributed by atoms with E-state index in [4.69, 9.17) is 10.5 Å². The summed E-state index contributed by atoms with van der Waals surface area (Å²) in [4.78, 5) is 4.34. The number of fused-ring (bicyclic) bond motifs is 7. The number of pyridine rings is 1. The van der Waals surface area contributed by atoms with Crippen molar-refractivity contribution in [1.29, 1.82) is 0 Å². The summed E-state index contributed by atoms with van der Waals surface area (Å²) in [6.07, 6.45) is 2.61. The lowest BCUT2D eigenvalue weighted by Gasteiger charge is -2.22. The maximum absolute atomic E-state index is 14.3. The minimum atomic E-state index is -2.75. The summed E-state index contributed by atoms with van der Waals surface area (Å²) >= 11 is 0. The van der Waals surface area contributed by atoms with Gasteiger partial charge in [-0.1, -0.05) is 0 Å². The van der Waals surface area contributed by atoms with Crippen LogP contribution in [0.4, 0.5) is 19.0 Å². The fraction of sp³-hybridized carbons (Fsp3) is 0.320. The first kappa shape index (κ1) is 21.7. The molecule has 0 amide bonds. The van der Waals surface area contributed by atoms with Gasteiger partial charge in [0.25, 0.3) is 6.43 Å². The lowest BCUT2D eigenvalue weighted by molar-refractivity contribution is 0.145. The monoisotopic (exact) mass is 480 g/mol. The number of rotatable bonds is 3. The van der Waals surface area contributed by atoms with Crippen LogP contribution in [-0.2, 0) is 13.0 Å². The lowest BCUT2D eigenvalue weighted by atomic mass is 10.0. The third-order valence-electron chi connectivity index (χ3n) is 6.56. The highest BCUT2D eigenvalue weighted by molar-refractivity contribution is 5.68. The van der Waals surface area contributed by atoms with Gasteiger partial charge in [-0.2, -0.15) is 10.2 Å². The Morgan fingerprint density at radius 2 is 2.00 bits per heavy atom. The first-order valence-corrected chi connectivity index (χ1v) is 11.5. The minimum absolute atomic E-state index is 0.199. The van der Waals surface area contributed by atoms with E-state index in [2.05, 4.69) is 15.2 Å². The number of ether oxygens (including phenoxy) is 1. The Morgan fingerprint density at radius 3 is 2.77 bits per heavy atom. The molecule has 1 saturated carbocycles. The molecule has 35 heavy (non-hydrogen) atoms. The number of anilines is 1. The van der Waals surface area contributed by atoms with Crippen LogP contribution in [-0.4, -0.2) is 24.5 Å². The van der Waals surface area contributed by atoms with Crippen molar-refractivity contribution in [2.45, 2.75) is 45.3 Å². The van der Waals surface area contributed by atoms with Crippen LogP contribution in [0.2, 0.25) is 0 Å². The van der Waals surface area contributed by atoms with Gasteiger partial charge in [-0.05, 0) is 56.0 Å². The minimum Gasteiger partial charge on any atom is -0.482 e. The Labute approximate surface area is 199 Å². The third kappa shape index (κ3) is 3.92. The second-order valence-corrected chi connectivity index (χ2v) is 9.16. The molecule has 0 spiro atoms. The molecule has 180 valence electrons. The highest BCUT2D eigenvalue weighted by atomic mass is 19.3. The van der Waals surface area contributed by atoms with E-state index in [9.17, 15) is 13.2 Å². The zero-order valence-corrected chi connectivity index (χ0v) is 19.0. The van der Waals surface area contributed by atoms with Crippen molar-refractivity contribution in [1.82, 2.24) is 24.5 Å². The molecule has 6 rings (SSSR count). The van der Waals surface area contributed by atoms with Gasteiger partial charge in [0.1, 0.15) is 17.6 Å². The number of nitrogen functional groups attached to an aromatic ring is 1. The van der Waals surface area contributed by atoms with Crippen LogP contribution in [0.15, 0.2) is 42.7 Å². The van der Waals surface area contributed by atoms with Crippen LogP contribution in [0.1, 0.15) is 54.8 Å². The van der Waals surface area contributed by atoms with Crippen molar-refractivity contribution >= 4 is 5.82 Å². The number of alkyl halides is 2. The summed E-state index contributed by atoms with van der Waals surface area (Å²) in [5.41, 5.74) is 9.66. The second-order valence-electron chi connectivity index (χ2n) is 9.16. The molecule has 1 atom stereocenters. The van der Waals surface area contributed by atoms with E-state index < -0.39 is 18.3 Å². The number of nitrogens with zero attached hydrogens (tertiary/aromatic N) is 5. The zero-order chi connectivity index (χ0) is 24.3. The maximum Gasteiger partial charge on any atom is 0.282 e. The van der Waals surface area contributed by atoms with Gasteiger partial charge in [0.2, 0.25) is 0 Å². The predicted molar refractivity (Wildman–Crippen MR) is 123 cm³/mol. The zero-order valence-electron chi connectivity index (χ0n) is 19.0. The highest BCUT2D eigenvalue weighted by Crippen LogP contribution is 2.38. The van der Waals surface area contributed by atoms with Crippen LogP contribution in [0, 0.1) is 11.7 Å². The fourth-order valence-corrected chi connectivity index (χ4v) is 4.62. The molecule has 1 aromatic carbocycles. The van der Waals surface area contributed by atoms with E-state index in [1.807, 2.05) is 10.7 Å². The van der Waals surface area contributed by atoms with Gasteiger partial charge >= 0.3 is 0 Å². The molecule has 4 heterocycles. The summed E-state index contributed by atoms with van der Waals surface area (Å²) in [6, 6.07) is 7.33. The van der Waals surface area contributed by atoms with E-state index >= 15 is 0 Å². The van der Waals surface area contributed by atoms with Crippen molar-refractivity contribution in [3.05, 3.63) is 71.1 Å². The number of hydrogen-bond acceptors (Lipinski definition) is 5. The molecule has 1 aliphatic carbocycles. The Bertz CT molecular complexity index is 1420. The van der Waals surface area contributed by atoms with Gasteiger partial charge in [0.15, 0.2) is 11.6 Å². The van der Waals surface area contributed by atoms with Gasteiger partial charge in [0, 0.05) is 41.5 Å². The molecule has 2 N–H and O–H groups in total.